The highest BCUT2D eigenvalue weighted by Crippen LogP contribution is 2.30. The number of rotatable bonds is 8. The second-order valence-electron chi connectivity index (χ2n) is 6.87. The number of likely N-dealkylation sites (N-methyl/N-ethyl adjacent to an activating group) is 1. The number of thiazole rings is 1. The van der Waals surface area contributed by atoms with Crippen molar-refractivity contribution >= 4 is 45.0 Å². The predicted octanol–water partition coefficient (Wildman–Crippen LogP) is 4.62. The Hall–Kier alpha value is -2.03. The van der Waals surface area contributed by atoms with Gasteiger partial charge in [-0.3, -0.25) is 14.4 Å². The van der Waals surface area contributed by atoms with Gasteiger partial charge < -0.3 is 4.90 Å². The van der Waals surface area contributed by atoms with Gasteiger partial charge in [-0.15, -0.1) is 12.4 Å². The maximum absolute atomic E-state index is 13.6. The Kier molecular flexibility index (Phi) is 8.13. The van der Waals surface area contributed by atoms with Crippen molar-refractivity contribution in [1.29, 1.82) is 0 Å². The zero-order chi connectivity index (χ0) is 20.3. The van der Waals surface area contributed by atoms with Gasteiger partial charge in [0, 0.05) is 25.3 Å². The van der Waals surface area contributed by atoms with E-state index in [1.807, 2.05) is 20.0 Å². The van der Waals surface area contributed by atoms with Crippen molar-refractivity contribution in [2.45, 2.75) is 33.7 Å². The molecule has 0 unspecified atom stereocenters. The molecule has 0 aliphatic rings. The standard InChI is InChI=1S/C20H26FN5OS.ClH/c1-5-24(6-2)11-12-25(19(27)17-9-10-26(23-17)14(3)4)20-22-16-8-7-15(21)13-18(16)28-20;/h7-10,13-14H,5-6,11-12H2,1-4H3;1H. The molecule has 0 fully saturated rings. The molecule has 0 bridgehead atoms. The average molecular weight is 440 g/mol. The lowest BCUT2D eigenvalue weighted by molar-refractivity contribution is 0.0978. The molecule has 1 aromatic carbocycles. The summed E-state index contributed by atoms with van der Waals surface area (Å²) in [7, 11) is 0. The number of amides is 1. The van der Waals surface area contributed by atoms with Crippen molar-refractivity contribution in [2.75, 3.05) is 31.1 Å². The Bertz CT molecular complexity index is 953. The first-order chi connectivity index (χ1) is 13.4. The zero-order valence-electron chi connectivity index (χ0n) is 17.1. The molecule has 2 aromatic heterocycles. The molecule has 0 radical (unpaired) electrons. The van der Waals surface area contributed by atoms with E-state index in [2.05, 4.69) is 28.8 Å². The minimum atomic E-state index is -0.306. The quantitative estimate of drug-likeness (QED) is 0.513. The second-order valence-corrected chi connectivity index (χ2v) is 7.88. The van der Waals surface area contributed by atoms with E-state index in [0.717, 1.165) is 24.3 Å². The lowest BCUT2D eigenvalue weighted by Gasteiger charge is -2.24. The van der Waals surface area contributed by atoms with Gasteiger partial charge in [-0.2, -0.15) is 5.10 Å². The van der Waals surface area contributed by atoms with Gasteiger partial charge in [0.25, 0.3) is 5.91 Å². The van der Waals surface area contributed by atoms with Gasteiger partial charge in [-0.25, -0.2) is 9.37 Å². The normalized spacial score (nSPS) is 11.3. The molecule has 1 amide bonds. The summed E-state index contributed by atoms with van der Waals surface area (Å²) in [5.74, 6) is -0.495. The summed E-state index contributed by atoms with van der Waals surface area (Å²) in [5, 5.41) is 4.99. The van der Waals surface area contributed by atoms with Crippen LogP contribution in [0.25, 0.3) is 10.2 Å². The first kappa shape index (κ1) is 23.3. The van der Waals surface area contributed by atoms with E-state index in [0.29, 0.717) is 22.9 Å². The van der Waals surface area contributed by atoms with E-state index in [9.17, 15) is 9.18 Å². The first-order valence-corrected chi connectivity index (χ1v) is 10.4. The van der Waals surface area contributed by atoms with Gasteiger partial charge in [0.15, 0.2) is 10.8 Å². The average Bonchev–Trinajstić information content (AvgIpc) is 3.31. The Morgan fingerprint density at radius 3 is 2.55 bits per heavy atom. The van der Waals surface area contributed by atoms with E-state index in [1.54, 1.807) is 21.7 Å². The SMILES string of the molecule is CCN(CC)CCN(C(=O)c1ccn(C(C)C)n1)c1nc2ccc(F)cc2s1.Cl. The largest absolute Gasteiger partial charge is 0.302 e. The van der Waals surface area contributed by atoms with Crippen LogP contribution in [0.5, 0.6) is 0 Å². The fourth-order valence-corrected chi connectivity index (χ4v) is 3.96. The van der Waals surface area contributed by atoms with Gasteiger partial charge in [0.1, 0.15) is 5.82 Å². The zero-order valence-corrected chi connectivity index (χ0v) is 18.8. The highest BCUT2D eigenvalue weighted by molar-refractivity contribution is 7.22. The van der Waals surface area contributed by atoms with Gasteiger partial charge in [-0.05, 0) is 51.2 Å². The summed E-state index contributed by atoms with van der Waals surface area (Å²) >= 11 is 1.32. The first-order valence-electron chi connectivity index (χ1n) is 9.58. The van der Waals surface area contributed by atoms with Crippen LogP contribution in [0.1, 0.15) is 44.2 Å². The van der Waals surface area contributed by atoms with E-state index >= 15 is 0 Å². The molecule has 6 nitrogen and oxygen atoms in total. The van der Waals surface area contributed by atoms with Crippen molar-refractivity contribution in [3.05, 3.63) is 42.0 Å². The lowest BCUT2D eigenvalue weighted by Crippen LogP contribution is -2.39. The highest BCUT2D eigenvalue weighted by Gasteiger charge is 2.24. The summed E-state index contributed by atoms with van der Waals surface area (Å²) in [6.07, 6.45) is 1.81. The van der Waals surface area contributed by atoms with Crippen LogP contribution in [-0.2, 0) is 0 Å². The monoisotopic (exact) mass is 439 g/mol. The summed E-state index contributed by atoms with van der Waals surface area (Å²) in [5.41, 5.74) is 1.08. The summed E-state index contributed by atoms with van der Waals surface area (Å²) in [4.78, 5) is 21.7. The van der Waals surface area contributed by atoms with E-state index in [1.165, 1.54) is 23.5 Å². The van der Waals surface area contributed by atoms with E-state index in [-0.39, 0.29) is 30.2 Å². The number of aromatic nitrogens is 3. The molecular weight excluding hydrogens is 413 g/mol. The number of carbonyl (C=O) groups is 1. The van der Waals surface area contributed by atoms with Crippen LogP contribution in [0.3, 0.4) is 0 Å². The lowest BCUT2D eigenvalue weighted by atomic mass is 10.3. The van der Waals surface area contributed by atoms with Crippen LogP contribution in [0.15, 0.2) is 30.5 Å². The molecule has 0 saturated carbocycles. The molecule has 0 N–H and O–H groups in total. The van der Waals surface area contributed by atoms with E-state index in [4.69, 9.17) is 0 Å². The number of benzene rings is 1. The fourth-order valence-electron chi connectivity index (χ4n) is 2.95. The molecule has 9 heteroatoms. The molecule has 2 heterocycles. The molecule has 0 aliphatic heterocycles. The Morgan fingerprint density at radius 2 is 1.93 bits per heavy atom. The minimum Gasteiger partial charge on any atom is -0.302 e. The molecule has 3 aromatic rings. The number of fused-ring (bicyclic) bond motifs is 1. The Morgan fingerprint density at radius 1 is 1.21 bits per heavy atom. The molecule has 0 saturated heterocycles. The number of carbonyl (C=O) groups excluding carboxylic acids is 1. The van der Waals surface area contributed by atoms with Crippen molar-refractivity contribution in [2.24, 2.45) is 0 Å². The molecule has 29 heavy (non-hydrogen) atoms. The van der Waals surface area contributed by atoms with Crippen LogP contribution in [0, 0.1) is 5.82 Å². The third kappa shape index (κ3) is 5.32. The van der Waals surface area contributed by atoms with Crippen molar-refractivity contribution in [1.82, 2.24) is 19.7 Å². The third-order valence-corrected chi connectivity index (χ3v) is 5.75. The molecule has 3 rings (SSSR count). The van der Waals surface area contributed by atoms with Crippen LogP contribution in [0.4, 0.5) is 9.52 Å². The van der Waals surface area contributed by atoms with Crippen LogP contribution >= 0.6 is 23.7 Å². The number of nitrogens with zero attached hydrogens (tertiary/aromatic N) is 5. The maximum atomic E-state index is 13.6. The highest BCUT2D eigenvalue weighted by atomic mass is 35.5. The predicted molar refractivity (Wildman–Crippen MR) is 119 cm³/mol. The molecular formula is C20H27ClFN5OS. The van der Waals surface area contributed by atoms with Crippen molar-refractivity contribution < 1.29 is 9.18 Å². The fraction of sp³-hybridized carbons (Fsp3) is 0.450. The van der Waals surface area contributed by atoms with Gasteiger partial charge in [0.05, 0.1) is 10.2 Å². The van der Waals surface area contributed by atoms with Gasteiger partial charge in [0.2, 0.25) is 0 Å². The molecule has 158 valence electrons. The number of hydrogen-bond acceptors (Lipinski definition) is 5. The smallest absolute Gasteiger partial charge is 0.280 e. The van der Waals surface area contributed by atoms with Crippen LogP contribution < -0.4 is 4.90 Å². The number of halogens is 2. The molecule has 0 aliphatic carbocycles. The number of anilines is 1. The maximum Gasteiger partial charge on any atom is 0.280 e. The minimum absolute atomic E-state index is 0. The summed E-state index contributed by atoms with van der Waals surface area (Å²) in [6, 6.07) is 6.40. The van der Waals surface area contributed by atoms with Crippen molar-refractivity contribution in [3.8, 4) is 0 Å². The van der Waals surface area contributed by atoms with Crippen LogP contribution in [-0.4, -0.2) is 51.8 Å². The molecule has 0 spiro atoms. The number of hydrogen-bond donors (Lipinski definition) is 0. The Labute approximate surface area is 180 Å². The second kappa shape index (κ2) is 10.1. The van der Waals surface area contributed by atoms with Crippen molar-refractivity contribution in [3.63, 3.8) is 0 Å². The van der Waals surface area contributed by atoms with Gasteiger partial charge >= 0.3 is 0 Å². The third-order valence-electron chi connectivity index (χ3n) is 4.71. The topological polar surface area (TPSA) is 54.3 Å². The molecule has 0 atom stereocenters. The van der Waals surface area contributed by atoms with Gasteiger partial charge in [-0.1, -0.05) is 25.2 Å². The van der Waals surface area contributed by atoms with Crippen LogP contribution in [0.2, 0.25) is 0 Å². The summed E-state index contributed by atoms with van der Waals surface area (Å²) < 4.78 is 16.1. The van der Waals surface area contributed by atoms with E-state index < -0.39 is 0 Å². The Balaban J connectivity index is 0.00000300. The summed E-state index contributed by atoms with van der Waals surface area (Å²) in [6.45, 7) is 11.3.